The van der Waals surface area contributed by atoms with Crippen molar-refractivity contribution >= 4 is 11.7 Å². The van der Waals surface area contributed by atoms with E-state index in [-0.39, 0.29) is 18.6 Å². The first kappa shape index (κ1) is 17.2. The van der Waals surface area contributed by atoms with E-state index in [0.29, 0.717) is 5.75 Å². The van der Waals surface area contributed by atoms with Crippen molar-refractivity contribution in [2.24, 2.45) is 0 Å². The van der Waals surface area contributed by atoms with E-state index in [1.54, 1.807) is 29.4 Å². The highest BCUT2D eigenvalue weighted by Gasteiger charge is 2.27. The summed E-state index contributed by atoms with van der Waals surface area (Å²) in [7, 11) is 1.85. The number of aryl methyl sites for hydroxylation is 1. The molecule has 1 unspecified atom stereocenters. The molecule has 132 valence electrons. The second-order valence-corrected chi connectivity index (χ2v) is 6.36. The maximum atomic E-state index is 12.5. The van der Waals surface area contributed by atoms with E-state index in [1.165, 1.54) is 0 Å². The van der Waals surface area contributed by atoms with E-state index in [4.69, 9.17) is 4.74 Å². The fourth-order valence-corrected chi connectivity index (χ4v) is 3.07. The van der Waals surface area contributed by atoms with Crippen molar-refractivity contribution in [1.29, 1.82) is 0 Å². The maximum absolute atomic E-state index is 12.5. The van der Waals surface area contributed by atoms with Gasteiger partial charge in [-0.25, -0.2) is 4.98 Å². The molecule has 1 saturated heterocycles. The number of aromatic nitrogens is 2. The third-order valence-electron chi connectivity index (χ3n) is 4.53. The average molecular weight is 340 g/mol. The van der Waals surface area contributed by atoms with Gasteiger partial charge < -0.3 is 14.5 Å². The molecule has 3 rings (SSSR count). The van der Waals surface area contributed by atoms with Gasteiger partial charge in [0.15, 0.2) is 6.61 Å². The van der Waals surface area contributed by atoms with Crippen molar-refractivity contribution in [2.75, 3.05) is 31.6 Å². The first-order valence-corrected chi connectivity index (χ1v) is 8.60. The van der Waals surface area contributed by atoms with Gasteiger partial charge in [0.05, 0.1) is 6.20 Å². The zero-order valence-corrected chi connectivity index (χ0v) is 14.8. The summed E-state index contributed by atoms with van der Waals surface area (Å²) in [5.74, 6) is 1.57. The summed E-state index contributed by atoms with van der Waals surface area (Å²) in [6.07, 6.45) is 5.33. The highest BCUT2D eigenvalue weighted by Crippen LogP contribution is 2.21. The van der Waals surface area contributed by atoms with Gasteiger partial charge in [-0.3, -0.25) is 9.78 Å². The third-order valence-corrected chi connectivity index (χ3v) is 4.53. The zero-order chi connectivity index (χ0) is 17.6. The molecule has 0 saturated carbocycles. The molecule has 25 heavy (non-hydrogen) atoms. The number of carbonyl (C=O) groups excluding carboxylic acids is 1. The highest BCUT2D eigenvalue weighted by atomic mass is 16.5. The number of hydrogen-bond donors (Lipinski definition) is 0. The van der Waals surface area contributed by atoms with E-state index in [0.717, 1.165) is 37.4 Å². The van der Waals surface area contributed by atoms with Gasteiger partial charge in [0, 0.05) is 38.1 Å². The van der Waals surface area contributed by atoms with Gasteiger partial charge in [0.1, 0.15) is 11.6 Å². The van der Waals surface area contributed by atoms with Gasteiger partial charge in [-0.05, 0) is 44.0 Å². The molecule has 2 aromatic heterocycles. The van der Waals surface area contributed by atoms with Crippen LogP contribution in [0.3, 0.4) is 0 Å². The topological polar surface area (TPSA) is 58.6 Å². The predicted molar refractivity (Wildman–Crippen MR) is 96.7 cm³/mol. The molecule has 0 aliphatic carbocycles. The highest BCUT2D eigenvalue weighted by molar-refractivity contribution is 5.78. The van der Waals surface area contributed by atoms with Crippen molar-refractivity contribution in [1.82, 2.24) is 14.9 Å². The fourth-order valence-electron chi connectivity index (χ4n) is 3.07. The monoisotopic (exact) mass is 340 g/mol. The molecule has 1 aliphatic heterocycles. The van der Waals surface area contributed by atoms with Gasteiger partial charge in [-0.1, -0.05) is 6.07 Å². The average Bonchev–Trinajstić information content (AvgIpc) is 2.66. The van der Waals surface area contributed by atoms with Crippen LogP contribution in [-0.4, -0.2) is 53.6 Å². The minimum Gasteiger partial charge on any atom is -0.482 e. The van der Waals surface area contributed by atoms with Gasteiger partial charge in [-0.2, -0.15) is 0 Å². The molecular weight excluding hydrogens is 316 g/mol. The van der Waals surface area contributed by atoms with Crippen molar-refractivity contribution in [3.63, 3.8) is 0 Å². The number of likely N-dealkylation sites (N-methyl/N-ethyl adjacent to an activating group) is 1. The first-order valence-electron chi connectivity index (χ1n) is 8.60. The Kier molecular flexibility index (Phi) is 5.48. The molecule has 2 aromatic rings. The van der Waals surface area contributed by atoms with Crippen LogP contribution in [0.2, 0.25) is 0 Å². The molecule has 3 heterocycles. The number of carbonyl (C=O) groups is 1. The standard InChI is InChI=1S/C19H24N4O2/c1-15-6-3-9-18(21-15)23-11-5-7-16(13-23)22(2)19(24)14-25-17-8-4-10-20-12-17/h3-4,6,8-10,12,16H,5,7,11,13-14H2,1-2H3. The van der Waals surface area contributed by atoms with Gasteiger partial charge in [-0.15, -0.1) is 0 Å². The zero-order valence-electron chi connectivity index (χ0n) is 14.8. The molecule has 0 aromatic carbocycles. The lowest BCUT2D eigenvalue weighted by Gasteiger charge is -2.38. The van der Waals surface area contributed by atoms with Crippen LogP contribution >= 0.6 is 0 Å². The Hall–Kier alpha value is -2.63. The van der Waals surface area contributed by atoms with E-state index >= 15 is 0 Å². The van der Waals surface area contributed by atoms with Crippen LogP contribution in [0.1, 0.15) is 18.5 Å². The molecule has 1 atom stereocenters. The number of rotatable bonds is 5. The molecule has 0 N–H and O–H groups in total. The molecule has 0 bridgehead atoms. The van der Waals surface area contributed by atoms with Crippen LogP contribution in [-0.2, 0) is 4.79 Å². The van der Waals surface area contributed by atoms with Crippen LogP contribution < -0.4 is 9.64 Å². The summed E-state index contributed by atoms with van der Waals surface area (Å²) < 4.78 is 5.53. The van der Waals surface area contributed by atoms with Gasteiger partial charge >= 0.3 is 0 Å². The van der Waals surface area contributed by atoms with Crippen LogP contribution in [0, 0.1) is 6.92 Å². The lowest BCUT2D eigenvalue weighted by molar-refractivity contribution is -0.134. The summed E-state index contributed by atoms with van der Waals surface area (Å²) in [5.41, 5.74) is 1.01. The summed E-state index contributed by atoms with van der Waals surface area (Å²) in [4.78, 5) is 25.1. The lowest BCUT2D eigenvalue weighted by atomic mass is 10.0. The van der Waals surface area contributed by atoms with Crippen molar-refractivity contribution in [3.05, 3.63) is 48.4 Å². The Morgan fingerprint density at radius 1 is 1.36 bits per heavy atom. The number of nitrogens with zero attached hydrogens (tertiary/aromatic N) is 4. The third kappa shape index (κ3) is 4.47. The first-order chi connectivity index (χ1) is 12.1. The number of amides is 1. The van der Waals surface area contributed by atoms with E-state index in [1.807, 2.05) is 32.2 Å². The van der Waals surface area contributed by atoms with Crippen molar-refractivity contribution in [3.8, 4) is 5.75 Å². The molecule has 6 nitrogen and oxygen atoms in total. The normalized spacial score (nSPS) is 17.2. The second kappa shape index (κ2) is 7.96. The number of ether oxygens (including phenoxy) is 1. The number of hydrogen-bond acceptors (Lipinski definition) is 5. The number of piperidine rings is 1. The summed E-state index contributed by atoms with van der Waals surface area (Å²) in [6.45, 7) is 3.80. The Labute approximate surface area is 148 Å². The molecule has 0 radical (unpaired) electrons. The Balaban J connectivity index is 1.57. The van der Waals surface area contributed by atoms with Crippen molar-refractivity contribution < 1.29 is 9.53 Å². The Bertz CT molecular complexity index is 708. The van der Waals surface area contributed by atoms with Crippen LogP contribution in [0.25, 0.3) is 0 Å². The lowest BCUT2D eigenvalue weighted by Crippen LogP contribution is -2.50. The van der Waals surface area contributed by atoms with Crippen LogP contribution in [0.5, 0.6) is 5.75 Å². The molecule has 1 aliphatic rings. The summed E-state index contributed by atoms with van der Waals surface area (Å²) in [6, 6.07) is 9.81. The predicted octanol–water partition coefficient (Wildman–Crippen LogP) is 2.29. The van der Waals surface area contributed by atoms with Gasteiger partial charge in [0.25, 0.3) is 5.91 Å². The van der Waals surface area contributed by atoms with Crippen molar-refractivity contribution in [2.45, 2.75) is 25.8 Å². The maximum Gasteiger partial charge on any atom is 0.260 e. The number of anilines is 1. The molecule has 1 amide bonds. The second-order valence-electron chi connectivity index (χ2n) is 6.36. The van der Waals surface area contributed by atoms with Gasteiger partial charge in [0.2, 0.25) is 0 Å². The SMILES string of the molecule is Cc1cccc(N2CCCC(N(C)C(=O)COc3cccnc3)C2)n1. The smallest absolute Gasteiger partial charge is 0.260 e. The van der Waals surface area contributed by atoms with E-state index in [9.17, 15) is 4.79 Å². The minimum absolute atomic E-state index is 0.0205. The number of pyridine rings is 2. The minimum atomic E-state index is -0.0205. The summed E-state index contributed by atoms with van der Waals surface area (Å²) >= 11 is 0. The molecular formula is C19H24N4O2. The van der Waals surface area contributed by atoms with E-state index < -0.39 is 0 Å². The van der Waals surface area contributed by atoms with Crippen LogP contribution in [0.15, 0.2) is 42.7 Å². The molecule has 0 spiro atoms. The molecule has 1 fully saturated rings. The largest absolute Gasteiger partial charge is 0.482 e. The quantitative estimate of drug-likeness (QED) is 0.836. The van der Waals surface area contributed by atoms with Crippen LogP contribution in [0.4, 0.5) is 5.82 Å². The Morgan fingerprint density at radius 3 is 3.00 bits per heavy atom. The Morgan fingerprint density at radius 2 is 2.24 bits per heavy atom. The van der Waals surface area contributed by atoms with E-state index in [2.05, 4.69) is 14.9 Å². The molecule has 6 heteroatoms. The fraction of sp³-hybridized carbons (Fsp3) is 0.421. The summed E-state index contributed by atoms with van der Waals surface area (Å²) in [5, 5.41) is 0.